The van der Waals surface area contributed by atoms with E-state index in [4.69, 9.17) is 0 Å². The maximum atomic E-state index is 10.5. The molecule has 1 unspecified atom stereocenters. The Morgan fingerprint density at radius 1 is 1.73 bits per heavy atom. The Labute approximate surface area is 78.6 Å². The van der Waals surface area contributed by atoms with Crippen molar-refractivity contribution in [1.82, 2.24) is 0 Å². The van der Waals surface area contributed by atoms with Crippen LogP contribution in [-0.2, 0) is 4.79 Å². The zero-order valence-corrected chi connectivity index (χ0v) is 8.83. The van der Waals surface area contributed by atoms with Crippen molar-refractivity contribution in [1.29, 1.82) is 0 Å². The zero-order chi connectivity index (χ0) is 8.43. The molecule has 3 heteroatoms. The number of carbonyl (C=O) groups is 1. The summed E-state index contributed by atoms with van der Waals surface area (Å²) in [5, 5.41) is 2.05. The van der Waals surface area contributed by atoms with E-state index in [0.29, 0.717) is 0 Å². The Bertz CT molecular complexity index is 267. The lowest BCUT2D eigenvalue weighted by Crippen LogP contribution is -1.90. The average molecular weight is 233 g/mol. The summed E-state index contributed by atoms with van der Waals surface area (Å²) in [6.45, 7) is 3.94. The predicted octanol–water partition coefficient (Wildman–Crippen LogP) is 3.12. The number of hydrogen-bond acceptors (Lipinski definition) is 2. The van der Waals surface area contributed by atoms with E-state index in [-0.39, 0.29) is 5.92 Å². The van der Waals surface area contributed by atoms with Gasteiger partial charge in [-0.3, -0.25) is 0 Å². The molecule has 0 aliphatic heterocycles. The molecule has 11 heavy (non-hydrogen) atoms. The molecular formula is C8H9BrOS. The minimum atomic E-state index is 0.0167. The molecule has 0 saturated heterocycles. The number of aldehydes is 1. The van der Waals surface area contributed by atoms with E-state index in [9.17, 15) is 4.79 Å². The van der Waals surface area contributed by atoms with Crippen LogP contribution in [0.4, 0.5) is 0 Å². The van der Waals surface area contributed by atoms with E-state index in [0.717, 1.165) is 15.6 Å². The quantitative estimate of drug-likeness (QED) is 0.717. The molecule has 1 rings (SSSR count). The maximum Gasteiger partial charge on any atom is 0.128 e. The Morgan fingerprint density at radius 2 is 2.36 bits per heavy atom. The second-order valence-corrected chi connectivity index (χ2v) is 4.23. The fourth-order valence-corrected chi connectivity index (χ4v) is 2.68. The van der Waals surface area contributed by atoms with Crippen LogP contribution in [0.25, 0.3) is 0 Å². The predicted molar refractivity (Wildman–Crippen MR) is 51.2 cm³/mol. The van der Waals surface area contributed by atoms with Gasteiger partial charge in [0, 0.05) is 15.3 Å². The number of rotatable bonds is 2. The van der Waals surface area contributed by atoms with Crippen molar-refractivity contribution in [3.63, 3.8) is 0 Å². The van der Waals surface area contributed by atoms with Crippen molar-refractivity contribution >= 4 is 33.6 Å². The molecule has 0 amide bonds. The molecule has 1 atom stereocenters. The molecule has 0 fully saturated rings. The average Bonchev–Trinajstić information content (AvgIpc) is 2.32. The topological polar surface area (TPSA) is 17.1 Å². The molecule has 0 aliphatic carbocycles. The van der Waals surface area contributed by atoms with Gasteiger partial charge in [-0.05, 0) is 33.8 Å². The summed E-state index contributed by atoms with van der Waals surface area (Å²) in [6, 6.07) is 0. The number of halogens is 1. The summed E-state index contributed by atoms with van der Waals surface area (Å²) in [5.41, 5.74) is 1.21. The van der Waals surface area contributed by atoms with E-state index in [1.807, 2.05) is 13.8 Å². The summed E-state index contributed by atoms with van der Waals surface area (Å²) in [6.07, 6.45) is 0.968. The molecular weight excluding hydrogens is 224 g/mol. The third-order valence-electron chi connectivity index (χ3n) is 1.54. The lowest BCUT2D eigenvalue weighted by Gasteiger charge is -1.99. The molecule has 1 nitrogen and oxygen atoms in total. The minimum Gasteiger partial charge on any atom is -0.303 e. The van der Waals surface area contributed by atoms with Crippen LogP contribution in [0.1, 0.15) is 23.3 Å². The van der Waals surface area contributed by atoms with Crippen LogP contribution in [-0.4, -0.2) is 6.29 Å². The fourth-order valence-electron chi connectivity index (χ4n) is 0.819. The van der Waals surface area contributed by atoms with Crippen LogP contribution in [0.2, 0.25) is 0 Å². The van der Waals surface area contributed by atoms with Crippen molar-refractivity contribution in [2.45, 2.75) is 19.8 Å². The van der Waals surface area contributed by atoms with Crippen LogP contribution >= 0.6 is 27.3 Å². The van der Waals surface area contributed by atoms with Crippen molar-refractivity contribution in [3.05, 3.63) is 20.3 Å². The molecule has 60 valence electrons. The lowest BCUT2D eigenvalue weighted by molar-refractivity contribution is -0.108. The van der Waals surface area contributed by atoms with Gasteiger partial charge in [0.15, 0.2) is 0 Å². The Morgan fingerprint density at radius 3 is 2.73 bits per heavy atom. The van der Waals surface area contributed by atoms with Crippen molar-refractivity contribution in [3.8, 4) is 0 Å². The maximum absolute atomic E-state index is 10.5. The Balaban J connectivity index is 3.03. The van der Waals surface area contributed by atoms with E-state index in [1.165, 1.54) is 5.56 Å². The first kappa shape index (κ1) is 8.94. The van der Waals surface area contributed by atoms with Gasteiger partial charge in [0.1, 0.15) is 6.29 Å². The van der Waals surface area contributed by atoms with Gasteiger partial charge in [-0.15, -0.1) is 11.3 Å². The van der Waals surface area contributed by atoms with Crippen molar-refractivity contribution in [2.24, 2.45) is 0 Å². The minimum absolute atomic E-state index is 0.0167. The Kier molecular flexibility index (Phi) is 2.84. The third kappa shape index (κ3) is 1.71. The van der Waals surface area contributed by atoms with E-state index >= 15 is 0 Å². The van der Waals surface area contributed by atoms with Crippen molar-refractivity contribution in [2.75, 3.05) is 0 Å². The number of thiophene rings is 1. The van der Waals surface area contributed by atoms with Crippen LogP contribution in [0.3, 0.4) is 0 Å². The molecule has 1 heterocycles. The highest BCUT2D eigenvalue weighted by atomic mass is 79.9. The van der Waals surface area contributed by atoms with Gasteiger partial charge in [0.05, 0.1) is 0 Å². The summed E-state index contributed by atoms with van der Waals surface area (Å²) in [7, 11) is 0. The summed E-state index contributed by atoms with van der Waals surface area (Å²) in [5.74, 6) is 0.0167. The molecule has 0 spiro atoms. The van der Waals surface area contributed by atoms with Gasteiger partial charge in [-0.1, -0.05) is 6.92 Å². The van der Waals surface area contributed by atoms with E-state index in [1.54, 1.807) is 11.3 Å². The highest BCUT2D eigenvalue weighted by Gasteiger charge is 2.11. The highest BCUT2D eigenvalue weighted by molar-refractivity contribution is 9.10. The molecule has 1 aromatic rings. The van der Waals surface area contributed by atoms with Crippen LogP contribution < -0.4 is 0 Å². The number of carbonyl (C=O) groups excluding carboxylic acids is 1. The third-order valence-corrected chi connectivity index (χ3v) is 4.16. The van der Waals surface area contributed by atoms with Crippen LogP contribution in [0, 0.1) is 6.92 Å². The van der Waals surface area contributed by atoms with Gasteiger partial charge in [0.2, 0.25) is 0 Å². The highest BCUT2D eigenvalue weighted by Crippen LogP contribution is 2.32. The van der Waals surface area contributed by atoms with Gasteiger partial charge in [0.25, 0.3) is 0 Å². The standard InChI is InChI=1S/C8H9BrOS/c1-5(3-10)8-7(9)6(2)4-11-8/h3-5H,1-2H3. The second kappa shape index (κ2) is 3.50. The van der Waals surface area contributed by atoms with Gasteiger partial charge >= 0.3 is 0 Å². The number of hydrogen-bond donors (Lipinski definition) is 0. The first-order chi connectivity index (χ1) is 5.16. The van der Waals surface area contributed by atoms with Gasteiger partial charge in [-0.2, -0.15) is 0 Å². The SMILES string of the molecule is Cc1csc(C(C)C=O)c1Br. The lowest BCUT2D eigenvalue weighted by atomic mass is 10.1. The molecule has 0 aliphatic rings. The number of aryl methyl sites for hydroxylation is 1. The van der Waals surface area contributed by atoms with E-state index in [2.05, 4.69) is 21.3 Å². The van der Waals surface area contributed by atoms with Crippen LogP contribution in [0.15, 0.2) is 9.85 Å². The molecule has 0 radical (unpaired) electrons. The molecule has 0 saturated carbocycles. The smallest absolute Gasteiger partial charge is 0.128 e. The Hall–Kier alpha value is -0.150. The molecule has 0 bridgehead atoms. The largest absolute Gasteiger partial charge is 0.303 e. The first-order valence-electron chi connectivity index (χ1n) is 3.35. The molecule has 0 N–H and O–H groups in total. The second-order valence-electron chi connectivity index (χ2n) is 2.52. The molecule has 0 aromatic carbocycles. The van der Waals surface area contributed by atoms with E-state index < -0.39 is 0 Å². The first-order valence-corrected chi connectivity index (χ1v) is 5.03. The summed E-state index contributed by atoms with van der Waals surface area (Å²) >= 11 is 5.07. The summed E-state index contributed by atoms with van der Waals surface area (Å²) < 4.78 is 1.09. The van der Waals surface area contributed by atoms with Gasteiger partial charge < -0.3 is 4.79 Å². The van der Waals surface area contributed by atoms with Gasteiger partial charge in [-0.25, -0.2) is 0 Å². The monoisotopic (exact) mass is 232 g/mol. The fraction of sp³-hybridized carbons (Fsp3) is 0.375. The summed E-state index contributed by atoms with van der Waals surface area (Å²) in [4.78, 5) is 11.6. The normalized spacial score (nSPS) is 13.0. The van der Waals surface area contributed by atoms with Crippen molar-refractivity contribution < 1.29 is 4.79 Å². The zero-order valence-electron chi connectivity index (χ0n) is 6.43. The molecule has 1 aromatic heterocycles. The van der Waals surface area contributed by atoms with Crippen LogP contribution in [0.5, 0.6) is 0 Å².